The lowest BCUT2D eigenvalue weighted by molar-refractivity contribution is 0.157. The summed E-state index contributed by atoms with van der Waals surface area (Å²) in [7, 11) is -0.0644. The second-order valence-corrected chi connectivity index (χ2v) is 6.75. The topological polar surface area (TPSA) is 49.9 Å². The molecule has 1 aliphatic heterocycles. The van der Waals surface area contributed by atoms with Crippen molar-refractivity contribution in [3.05, 3.63) is 0 Å². The SMILES string of the molecule is COCC1CCN(S(=O)(=O)N(C)CCCCl)C1. The zero-order valence-corrected chi connectivity index (χ0v) is 12.0. The van der Waals surface area contributed by atoms with Gasteiger partial charge < -0.3 is 4.74 Å². The van der Waals surface area contributed by atoms with Gasteiger partial charge in [-0.05, 0) is 18.8 Å². The van der Waals surface area contributed by atoms with Crippen LogP contribution in [0.3, 0.4) is 0 Å². The summed E-state index contributed by atoms with van der Waals surface area (Å²) in [5, 5.41) is 0. The molecule has 0 radical (unpaired) electrons. The van der Waals surface area contributed by atoms with Gasteiger partial charge in [-0.1, -0.05) is 0 Å². The number of hydrogen-bond acceptors (Lipinski definition) is 3. The molecule has 102 valence electrons. The van der Waals surface area contributed by atoms with Crippen LogP contribution in [0.1, 0.15) is 12.8 Å². The van der Waals surface area contributed by atoms with Crippen molar-refractivity contribution in [3.8, 4) is 0 Å². The number of ether oxygens (including phenoxy) is 1. The van der Waals surface area contributed by atoms with E-state index in [1.54, 1.807) is 14.2 Å². The predicted molar refractivity (Wildman–Crippen MR) is 68.4 cm³/mol. The third-order valence-corrected chi connectivity index (χ3v) is 5.20. The van der Waals surface area contributed by atoms with Crippen molar-refractivity contribution in [1.82, 2.24) is 8.61 Å². The zero-order chi connectivity index (χ0) is 12.9. The van der Waals surface area contributed by atoms with E-state index < -0.39 is 10.2 Å². The number of rotatable bonds is 7. The second-order valence-electron chi connectivity index (χ2n) is 4.34. The summed E-state index contributed by atoms with van der Waals surface area (Å²) in [5.41, 5.74) is 0. The number of halogens is 1. The Balaban J connectivity index is 2.53. The first-order valence-corrected chi connectivity index (χ1v) is 7.71. The fourth-order valence-corrected chi connectivity index (χ4v) is 3.58. The van der Waals surface area contributed by atoms with Crippen LogP contribution in [-0.4, -0.2) is 63.3 Å². The van der Waals surface area contributed by atoms with E-state index in [0.29, 0.717) is 44.5 Å². The molecule has 7 heteroatoms. The fourth-order valence-electron chi connectivity index (χ4n) is 1.97. The van der Waals surface area contributed by atoms with Crippen LogP contribution in [0, 0.1) is 5.92 Å². The Kier molecular flexibility index (Phi) is 6.16. The maximum atomic E-state index is 12.2. The summed E-state index contributed by atoms with van der Waals surface area (Å²) < 4.78 is 32.3. The summed E-state index contributed by atoms with van der Waals surface area (Å²) >= 11 is 5.57. The third kappa shape index (κ3) is 4.06. The number of methoxy groups -OCH3 is 1. The molecule has 0 aromatic carbocycles. The first kappa shape index (κ1) is 15.2. The van der Waals surface area contributed by atoms with E-state index in [9.17, 15) is 8.42 Å². The molecule has 0 bridgehead atoms. The average Bonchev–Trinajstić information content (AvgIpc) is 2.75. The van der Waals surface area contributed by atoms with Crippen molar-refractivity contribution in [2.75, 3.05) is 46.3 Å². The number of hydrogen-bond donors (Lipinski definition) is 0. The van der Waals surface area contributed by atoms with Crippen LogP contribution in [0.2, 0.25) is 0 Å². The predicted octanol–water partition coefficient (Wildman–Crippen LogP) is 0.760. The number of nitrogens with zero attached hydrogens (tertiary/aromatic N) is 2. The molecule has 0 spiro atoms. The Morgan fingerprint density at radius 3 is 2.82 bits per heavy atom. The van der Waals surface area contributed by atoms with Gasteiger partial charge in [-0.15, -0.1) is 11.6 Å². The molecule has 5 nitrogen and oxygen atoms in total. The van der Waals surface area contributed by atoms with Gasteiger partial charge in [0.2, 0.25) is 0 Å². The molecule has 17 heavy (non-hydrogen) atoms. The van der Waals surface area contributed by atoms with Crippen molar-refractivity contribution in [1.29, 1.82) is 0 Å². The van der Waals surface area contributed by atoms with Crippen molar-refractivity contribution >= 4 is 21.8 Å². The third-order valence-electron chi connectivity index (χ3n) is 2.98. The van der Waals surface area contributed by atoms with Crippen LogP contribution < -0.4 is 0 Å². The van der Waals surface area contributed by atoms with E-state index in [4.69, 9.17) is 16.3 Å². The normalized spacial score (nSPS) is 22.5. The lowest BCUT2D eigenvalue weighted by Crippen LogP contribution is -2.41. The number of alkyl halides is 1. The van der Waals surface area contributed by atoms with Gasteiger partial charge in [-0.3, -0.25) is 0 Å². The molecule has 1 saturated heterocycles. The van der Waals surface area contributed by atoms with E-state index in [1.165, 1.54) is 8.61 Å². The van der Waals surface area contributed by atoms with Gasteiger partial charge in [0, 0.05) is 39.7 Å². The smallest absolute Gasteiger partial charge is 0.281 e. The largest absolute Gasteiger partial charge is 0.384 e. The lowest BCUT2D eigenvalue weighted by Gasteiger charge is -2.23. The molecule has 0 amide bonds. The van der Waals surface area contributed by atoms with Crippen LogP contribution >= 0.6 is 11.6 Å². The van der Waals surface area contributed by atoms with E-state index in [1.807, 2.05) is 0 Å². The van der Waals surface area contributed by atoms with E-state index in [0.717, 1.165) is 6.42 Å². The van der Waals surface area contributed by atoms with Gasteiger partial charge in [-0.2, -0.15) is 17.0 Å². The quantitative estimate of drug-likeness (QED) is 0.649. The van der Waals surface area contributed by atoms with Gasteiger partial charge >= 0.3 is 0 Å². The Bertz CT molecular complexity index is 324. The Morgan fingerprint density at radius 1 is 1.53 bits per heavy atom. The molecular formula is C10H21ClN2O3S. The molecule has 0 aliphatic carbocycles. The summed E-state index contributed by atoms with van der Waals surface area (Å²) in [5.74, 6) is 0.794. The van der Waals surface area contributed by atoms with Crippen molar-refractivity contribution in [2.45, 2.75) is 12.8 Å². The summed E-state index contributed by atoms with van der Waals surface area (Å²) in [4.78, 5) is 0. The molecule has 1 unspecified atom stereocenters. The van der Waals surface area contributed by atoms with E-state index in [2.05, 4.69) is 0 Å². The summed E-state index contributed by atoms with van der Waals surface area (Å²) in [6.07, 6.45) is 1.54. The van der Waals surface area contributed by atoms with E-state index >= 15 is 0 Å². The Hall–Kier alpha value is 0.120. The van der Waals surface area contributed by atoms with Crippen molar-refractivity contribution in [2.24, 2.45) is 5.92 Å². The molecule has 1 atom stereocenters. The molecule has 0 aromatic rings. The Morgan fingerprint density at radius 2 is 2.24 bits per heavy atom. The monoisotopic (exact) mass is 284 g/mol. The van der Waals surface area contributed by atoms with Crippen LogP contribution in [-0.2, 0) is 14.9 Å². The van der Waals surface area contributed by atoms with Crippen LogP contribution in [0.5, 0.6) is 0 Å². The van der Waals surface area contributed by atoms with Crippen LogP contribution in [0.25, 0.3) is 0 Å². The molecule has 1 aliphatic rings. The first-order valence-electron chi connectivity index (χ1n) is 5.78. The molecule has 0 N–H and O–H groups in total. The minimum absolute atomic E-state index is 0.316. The molecule has 1 heterocycles. The molecular weight excluding hydrogens is 264 g/mol. The van der Waals surface area contributed by atoms with Gasteiger partial charge in [0.15, 0.2) is 0 Å². The highest BCUT2D eigenvalue weighted by atomic mass is 35.5. The minimum atomic E-state index is -3.31. The molecule has 1 fully saturated rings. The lowest BCUT2D eigenvalue weighted by atomic mass is 10.1. The average molecular weight is 285 g/mol. The standard InChI is InChI=1S/C10H21ClN2O3S/c1-12(6-3-5-11)17(14,15)13-7-4-10(8-13)9-16-2/h10H,3-9H2,1-2H3. The van der Waals surface area contributed by atoms with Gasteiger partial charge in [0.1, 0.15) is 0 Å². The van der Waals surface area contributed by atoms with Crippen LogP contribution in [0.15, 0.2) is 0 Å². The molecule has 1 rings (SSSR count). The zero-order valence-electron chi connectivity index (χ0n) is 10.4. The van der Waals surface area contributed by atoms with Crippen molar-refractivity contribution < 1.29 is 13.2 Å². The maximum absolute atomic E-state index is 12.2. The summed E-state index contributed by atoms with van der Waals surface area (Å²) in [6, 6.07) is 0. The van der Waals surface area contributed by atoms with E-state index in [-0.39, 0.29) is 0 Å². The second kappa shape index (κ2) is 6.89. The molecule has 0 saturated carbocycles. The van der Waals surface area contributed by atoms with Gasteiger partial charge in [0.25, 0.3) is 10.2 Å². The highest BCUT2D eigenvalue weighted by Crippen LogP contribution is 2.21. The molecule has 0 aromatic heterocycles. The fraction of sp³-hybridized carbons (Fsp3) is 1.00. The first-order chi connectivity index (χ1) is 8.02. The van der Waals surface area contributed by atoms with Gasteiger partial charge in [-0.25, -0.2) is 0 Å². The summed E-state index contributed by atoms with van der Waals surface area (Å²) in [6.45, 7) is 2.23. The van der Waals surface area contributed by atoms with Crippen LogP contribution in [0.4, 0.5) is 0 Å². The minimum Gasteiger partial charge on any atom is -0.384 e. The maximum Gasteiger partial charge on any atom is 0.281 e. The highest BCUT2D eigenvalue weighted by molar-refractivity contribution is 7.86. The van der Waals surface area contributed by atoms with Crippen molar-refractivity contribution in [3.63, 3.8) is 0 Å². The highest BCUT2D eigenvalue weighted by Gasteiger charge is 2.33. The Labute approximate surface area is 109 Å². The van der Waals surface area contributed by atoms with Gasteiger partial charge in [0.05, 0.1) is 6.61 Å².